The molecule has 0 bridgehead atoms. The van der Waals surface area contributed by atoms with Gasteiger partial charge in [-0.15, -0.1) is 0 Å². The summed E-state index contributed by atoms with van der Waals surface area (Å²) in [6.07, 6.45) is 3.42. The number of benzene rings is 3. The Morgan fingerprint density at radius 2 is 1.63 bits per heavy atom. The number of halogens is 1. The zero-order chi connectivity index (χ0) is 21.3. The van der Waals surface area contributed by atoms with E-state index in [9.17, 15) is 12.8 Å². The van der Waals surface area contributed by atoms with Crippen molar-refractivity contribution in [1.29, 1.82) is 0 Å². The van der Waals surface area contributed by atoms with Gasteiger partial charge in [0.15, 0.2) is 0 Å². The molecule has 0 atom stereocenters. The number of nitrogens with one attached hydrogen (secondary N) is 1. The molecule has 1 N–H and O–H groups in total. The second-order valence-corrected chi connectivity index (χ2v) is 8.88. The van der Waals surface area contributed by atoms with Gasteiger partial charge in [-0.1, -0.05) is 48.0 Å². The van der Waals surface area contributed by atoms with Crippen molar-refractivity contribution in [3.63, 3.8) is 0 Å². The highest BCUT2D eigenvalue weighted by Crippen LogP contribution is 2.31. The van der Waals surface area contributed by atoms with E-state index >= 15 is 0 Å². The summed E-state index contributed by atoms with van der Waals surface area (Å²) in [5.41, 5.74) is 4.21. The van der Waals surface area contributed by atoms with Crippen LogP contribution in [0.1, 0.15) is 16.7 Å². The van der Waals surface area contributed by atoms with Gasteiger partial charge in [-0.05, 0) is 42.8 Å². The number of aryl methyl sites for hydroxylation is 2. The Bertz CT molecular complexity index is 1340. The van der Waals surface area contributed by atoms with Gasteiger partial charge >= 0.3 is 0 Å². The quantitative estimate of drug-likeness (QED) is 0.494. The number of nitrogens with zero attached hydrogens (tertiary/aromatic N) is 1. The largest absolute Gasteiger partial charge is 0.350 e. The van der Waals surface area contributed by atoms with Crippen LogP contribution < -0.4 is 4.72 Å². The van der Waals surface area contributed by atoms with Gasteiger partial charge in [0.05, 0.1) is 4.90 Å². The van der Waals surface area contributed by atoms with Gasteiger partial charge in [-0.3, -0.25) is 4.72 Å². The van der Waals surface area contributed by atoms with Gasteiger partial charge in [0.25, 0.3) is 10.0 Å². The first-order valence-corrected chi connectivity index (χ1v) is 10.9. The molecule has 1 aromatic heterocycles. The van der Waals surface area contributed by atoms with Gasteiger partial charge in [0, 0.05) is 41.5 Å². The van der Waals surface area contributed by atoms with Crippen LogP contribution in [-0.4, -0.2) is 13.0 Å². The van der Waals surface area contributed by atoms with E-state index in [1.165, 1.54) is 18.3 Å². The van der Waals surface area contributed by atoms with Gasteiger partial charge in [-0.2, -0.15) is 0 Å². The van der Waals surface area contributed by atoms with Crippen molar-refractivity contribution in [2.75, 3.05) is 0 Å². The van der Waals surface area contributed by atoms with Crippen molar-refractivity contribution in [2.45, 2.75) is 11.8 Å². The monoisotopic (exact) mass is 420 g/mol. The molecule has 4 nitrogen and oxygen atoms in total. The van der Waals surface area contributed by atoms with Gasteiger partial charge < -0.3 is 4.57 Å². The molecule has 0 aliphatic rings. The first-order chi connectivity index (χ1) is 14.3. The molecule has 4 rings (SSSR count). The molecule has 1 heterocycles. The van der Waals surface area contributed by atoms with Crippen LogP contribution in [0, 0.1) is 12.7 Å². The number of para-hydroxylation sites is 1. The van der Waals surface area contributed by atoms with Crippen molar-refractivity contribution >= 4 is 26.5 Å². The van der Waals surface area contributed by atoms with Crippen molar-refractivity contribution < 1.29 is 12.8 Å². The lowest BCUT2D eigenvalue weighted by atomic mass is 9.98. The Morgan fingerprint density at radius 3 is 2.33 bits per heavy atom. The summed E-state index contributed by atoms with van der Waals surface area (Å²) in [4.78, 5) is 0.181. The molecule has 0 spiro atoms. The normalized spacial score (nSPS) is 12.3. The van der Waals surface area contributed by atoms with Gasteiger partial charge in [0.2, 0.25) is 0 Å². The van der Waals surface area contributed by atoms with E-state index in [0.29, 0.717) is 11.1 Å². The highest BCUT2D eigenvalue weighted by Gasteiger charge is 2.16. The summed E-state index contributed by atoms with van der Waals surface area (Å²) in [5.74, 6) is -0.351. The Morgan fingerprint density at radius 1 is 0.967 bits per heavy atom. The van der Waals surface area contributed by atoms with Crippen molar-refractivity contribution in [3.8, 4) is 0 Å². The molecule has 0 amide bonds. The van der Waals surface area contributed by atoms with E-state index < -0.39 is 10.0 Å². The zero-order valence-electron chi connectivity index (χ0n) is 16.6. The summed E-state index contributed by atoms with van der Waals surface area (Å²) in [6, 6.07) is 20.5. The molecule has 152 valence electrons. The molecule has 3 aromatic carbocycles. The van der Waals surface area contributed by atoms with E-state index in [0.717, 1.165) is 22.0 Å². The van der Waals surface area contributed by atoms with Crippen LogP contribution in [0.15, 0.2) is 90.1 Å². The lowest BCUT2D eigenvalue weighted by molar-refractivity contribution is 0.590. The average molecular weight is 421 g/mol. The number of aromatic nitrogens is 1. The van der Waals surface area contributed by atoms with Crippen molar-refractivity contribution in [1.82, 2.24) is 9.29 Å². The summed E-state index contributed by atoms with van der Waals surface area (Å²) in [6.45, 7) is 1.90. The maximum atomic E-state index is 13.5. The Kier molecular flexibility index (Phi) is 5.18. The minimum absolute atomic E-state index is 0.181. The smallest absolute Gasteiger partial charge is 0.261 e. The topological polar surface area (TPSA) is 51.1 Å². The first-order valence-electron chi connectivity index (χ1n) is 9.45. The van der Waals surface area contributed by atoms with Crippen LogP contribution in [0.25, 0.3) is 16.5 Å². The Hall–Kier alpha value is -3.38. The van der Waals surface area contributed by atoms with Crippen molar-refractivity contribution in [2.24, 2.45) is 7.05 Å². The minimum Gasteiger partial charge on any atom is -0.350 e. The number of sulfonamides is 1. The number of hydrogen-bond acceptors (Lipinski definition) is 2. The maximum absolute atomic E-state index is 13.5. The molecule has 0 aliphatic carbocycles. The lowest BCUT2D eigenvalue weighted by Crippen LogP contribution is -2.18. The number of hydrogen-bond donors (Lipinski definition) is 1. The predicted octanol–water partition coefficient (Wildman–Crippen LogP) is 4.99. The zero-order valence-corrected chi connectivity index (χ0v) is 17.4. The SMILES string of the molecule is Cc1ccc(S(=O)(=O)N/C=C(/c2ccc(F)cc2)c2cn(C)c3ccccc23)cc1. The van der Waals surface area contributed by atoms with E-state index in [1.807, 2.05) is 49.0 Å². The van der Waals surface area contributed by atoms with E-state index in [1.54, 1.807) is 36.4 Å². The summed E-state index contributed by atoms with van der Waals surface area (Å²) >= 11 is 0. The van der Waals surface area contributed by atoms with Gasteiger partial charge in [0.1, 0.15) is 5.82 Å². The van der Waals surface area contributed by atoms with Crippen molar-refractivity contribution in [3.05, 3.63) is 108 Å². The maximum Gasteiger partial charge on any atom is 0.261 e. The molecule has 0 radical (unpaired) electrons. The van der Waals surface area contributed by atoms with E-state index in [-0.39, 0.29) is 10.7 Å². The molecular weight excluding hydrogens is 399 g/mol. The van der Waals surface area contributed by atoms with Gasteiger partial charge in [-0.25, -0.2) is 12.8 Å². The lowest BCUT2D eigenvalue weighted by Gasteiger charge is -2.10. The fourth-order valence-corrected chi connectivity index (χ4v) is 4.33. The second kappa shape index (κ2) is 7.80. The second-order valence-electron chi connectivity index (χ2n) is 7.17. The highest BCUT2D eigenvalue weighted by atomic mass is 32.2. The molecule has 0 saturated carbocycles. The molecule has 0 unspecified atom stereocenters. The fraction of sp³-hybridized carbons (Fsp3) is 0.0833. The van der Waals surface area contributed by atoms with Crippen LogP contribution in [0.4, 0.5) is 4.39 Å². The van der Waals surface area contributed by atoms with Crippen LogP contribution in [0.2, 0.25) is 0 Å². The molecule has 0 aliphatic heterocycles. The molecule has 6 heteroatoms. The van der Waals surface area contributed by atoms with Crippen LogP contribution in [0.3, 0.4) is 0 Å². The van der Waals surface area contributed by atoms with Crippen LogP contribution in [0.5, 0.6) is 0 Å². The summed E-state index contributed by atoms with van der Waals surface area (Å²) < 4.78 is 43.7. The molecular formula is C24H21FN2O2S. The third kappa shape index (κ3) is 3.86. The number of rotatable bonds is 5. The average Bonchev–Trinajstić information content (AvgIpc) is 3.06. The molecule has 0 fully saturated rings. The molecule has 0 saturated heterocycles. The third-order valence-corrected chi connectivity index (χ3v) is 6.35. The Labute approximate surface area is 175 Å². The minimum atomic E-state index is -3.75. The molecule has 30 heavy (non-hydrogen) atoms. The van der Waals surface area contributed by atoms with E-state index in [2.05, 4.69) is 4.72 Å². The highest BCUT2D eigenvalue weighted by molar-refractivity contribution is 7.89. The summed E-state index contributed by atoms with van der Waals surface area (Å²) in [5, 5.41) is 0.977. The molecule has 4 aromatic rings. The number of fused-ring (bicyclic) bond motifs is 1. The van der Waals surface area contributed by atoms with Crippen LogP contribution in [-0.2, 0) is 17.1 Å². The third-order valence-electron chi connectivity index (χ3n) is 5.03. The first kappa shape index (κ1) is 19.9. The standard InChI is InChI=1S/C24H21FN2O2S/c1-17-7-13-20(14-8-17)30(28,29)26-15-22(18-9-11-19(25)12-10-18)23-16-27(2)24-6-4-3-5-21(23)24/h3-16,26H,1-2H3/b22-15-. The van der Waals surface area contributed by atoms with Crippen LogP contribution >= 0.6 is 0 Å². The fourth-order valence-electron chi connectivity index (χ4n) is 3.42. The predicted molar refractivity (Wildman–Crippen MR) is 118 cm³/mol. The Balaban J connectivity index is 1.83. The summed E-state index contributed by atoms with van der Waals surface area (Å²) in [7, 11) is -1.81. The van der Waals surface area contributed by atoms with E-state index in [4.69, 9.17) is 0 Å².